The first kappa shape index (κ1) is 16.7. The SMILES string of the molecule is Cc1ccc(C)c(C(=O)N2CCCC(C(O)c3nccn3C)C2)c1. The Labute approximate surface area is 142 Å². The first-order valence-electron chi connectivity index (χ1n) is 8.49. The lowest BCUT2D eigenvalue weighted by Gasteiger charge is -2.35. The van der Waals surface area contributed by atoms with Gasteiger partial charge < -0.3 is 14.6 Å². The third-order valence-corrected chi connectivity index (χ3v) is 4.94. The van der Waals surface area contributed by atoms with E-state index in [1.807, 2.05) is 54.8 Å². The molecular weight excluding hydrogens is 302 g/mol. The molecule has 1 N–H and O–H groups in total. The van der Waals surface area contributed by atoms with Crippen molar-refractivity contribution in [2.75, 3.05) is 13.1 Å². The number of aliphatic hydroxyl groups excluding tert-OH is 1. The van der Waals surface area contributed by atoms with Crippen LogP contribution in [0.2, 0.25) is 0 Å². The molecule has 1 aromatic heterocycles. The summed E-state index contributed by atoms with van der Waals surface area (Å²) in [7, 11) is 1.88. The number of hydrogen-bond donors (Lipinski definition) is 1. The van der Waals surface area contributed by atoms with Crippen molar-refractivity contribution in [3.63, 3.8) is 0 Å². The van der Waals surface area contributed by atoms with E-state index < -0.39 is 6.10 Å². The number of piperidine rings is 1. The number of nitrogens with zero attached hydrogens (tertiary/aromatic N) is 3. The Morgan fingerprint density at radius 3 is 2.88 bits per heavy atom. The average molecular weight is 327 g/mol. The van der Waals surface area contributed by atoms with Gasteiger partial charge in [0.1, 0.15) is 11.9 Å². The quantitative estimate of drug-likeness (QED) is 0.943. The van der Waals surface area contributed by atoms with Crippen molar-refractivity contribution < 1.29 is 9.90 Å². The molecule has 1 aliphatic rings. The van der Waals surface area contributed by atoms with E-state index in [2.05, 4.69) is 4.98 Å². The lowest BCUT2D eigenvalue weighted by molar-refractivity contribution is 0.0358. The summed E-state index contributed by atoms with van der Waals surface area (Å²) in [5.41, 5.74) is 2.85. The summed E-state index contributed by atoms with van der Waals surface area (Å²) in [5, 5.41) is 10.7. The normalized spacial score (nSPS) is 19.3. The largest absolute Gasteiger partial charge is 0.385 e. The van der Waals surface area contributed by atoms with E-state index in [1.165, 1.54) is 0 Å². The van der Waals surface area contributed by atoms with Gasteiger partial charge in [-0.3, -0.25) is 4.79 Å². The van der Waals surface area contributed by atoms with Crippen LogP contribution in [0.1, 0.15) is 46.3 Å². The average Bonchev–Trinajstić information content (AvgIpc) is 3.02. The number of benzene rings is 1. The third kappa shape index (κ3) is 3.22. The first-order chi connectivity index (χ1) is 11.5. The number of aliphatic hydroxyl groups is 1. The fourth-order valence-electron chi connectivity index (χ4n) is 3.46. The van der Waals surface area contributed by atoms with E-state index in [9.17, 15) is 9.90 Å². The van der Waals surface area contributed by atoms with Crippen LogP contribution >= 0.6 is 0 Å². The van der Waals surface area contributed by atoms with Gasteiger partial charge in [-0.1, -0.05) is 17.7 Å². The lowest BCUT2D eigenvalue weighted by Crippen LogP contribution is -2.42. The highest BCUT2D eigenvalue weighted by molar-refractivity contribution is 5.95. The second kappa shape index (κ2) is 6.77. The van der Waals surface area contributed by atoms with Gasteiger partial charge in [0.05, 0.1) is 0 Å². The van der Waals surface area contributed by atoms with Gasteiger partial charge >= 0.3 is 0 Å². The number of carbonyl (C=O) groups is 1. The van der Waals surface area contributed by atoms with Gasteiger partial charge in [0.25, 0.3) is 5.91 Å². The fourth-order valence-corrected chi connectivity index (χ4v) is 3.46. The molecule has 24 heavy (non-hydrogen) atoms. The van der Waals surface area contributed by atoms with E-state index in [-0.39, 0.29) is 11.8 Å². The van der Waals surface area contributed by atoms with E-state index in [0.717, 1.165) is 36.1 Å². The predicted molar refractivity (Wildman–Crippen MR) is 92.7 cm³/mol. The fraction of sp³-hybridized carbons (Fsp3) is 0.474. The Kier molecular flexibility index (Phi) is 4.71. The van der Waals surface area contributed by atoms with Crippen LogP contribution in [-0.4, -0.2) is 38.6 Å². The van der Waals surface area contributed by atoms with Crippen molar-refractivity contribution in [1.29, 1.82) is 0 Å². The number of hydrogen-bond acceptors (Lipinski definition) is 3. The standard InChI is InChI=1S/C19H25N3O2/c1-13-6-7-14(2)16(11-13)19(24)22-9-4-5-15(12-22)17(23)18-20-8-10-21(18)3/h6-8,10-11,15,17,23H,4-5,9,12H2,1-3H3. The van der Waals surface area contributed by atoms with Crippen LogP contribution in [0.5, 0.6) is 0 Å². The van der Waals surface area contributed by atoms with Crippen molar-refractivity contribution >= 4 is 5.91 Å². The zero-order valence-electron chi connectivity index (χ0n) is 14.6. The number of aryl methyl sites for hydroxylation is 3. The van der Waals surface area contributed by atoms with E-state index in [1.54, 1.807) is 6.20 Å². The van der Waals surface area contributed by atoms with E-state index in [0.29, 0.717) is 12.4 Å². The van der Waals surface area contributed by atoms with E-state index in [4.69, 9.17) is 0 Å². The van der Waals surface area contributed by atoms with Crippen molar-refractivity contribution in [1.82, 2.24) is 14.5 Å². The number of aromatic nitrogens is 2. The smallest absolute Gasteiger partial charge is 0.254 e. The third-order valence-electron chi connectivity index (χ3n) is 4.94. The number of carbonyl (C=O) groups excluding carboxylic acids is 1. The van der Waals surface area contributed by atoms with Gasteiger partial charge in [-0.25, -0.2) is 4.98 Å². The van der Waals surface area contributed by atoms with Crippen LogP contribution in [0.15, 0.2) is 30.6 Å². The maximum absolute atomic E-state index is 12.9. The van der Waals surface area contributed by atoms with Crippen LogP contribution in [0.3, 0.4) is 0 Å². The first-order valence-corrected chi connectivity index (χ1v) is 8.49. The molecular formula is C19H25N3O2. The summed E-state index contributed by atoms with van der Waals surface area (Å²) in [6.45, 7) is 5.28. The highest BCUT2D eigenvalue weighted by atomic mass is 16.3. The predicted octanol–water partition coefficient (Wildman–Crippen LogP) is 2.62. The molecule has 5 heteroatoms. The summed E-state index contributed by atoms with van der Waals surface area (Å²) in [5.74, 6) is 0.753. The zero-order chi connectivity index (χ0) is 17.3. The van der Waals surface area contributed by atoms with Crippen LogP contribution < -0.4 is 0 Å². The molecule has 1 fully saturated rings. The van der Waals surface area contributed by atoms with Crippen molar-refractivity contribution in [2.45, 2.75) is 32.8 Å². The maximum Gasteiger partial charge on any atom is 0.254 e. The number of likely N-dealkylation sites (tertiary alicyclic amines) is 1. The molecule has 0 radical (unpaired) electrons. The summed E-state index contributed by atoms with van der Waals surface area (Å²) in [4.78, 5) is 19.0. The lowest BCUT2D eigenvalue weighted by atomic mass is 9.91. The zero-order valence-corrected chi connectivity index (χ0v) is 14.6. The van der Waals surface area contributed by atoms with Crippen LogP contribution in [0, 0.1) is 19.8 Å². The van der Waals surface area contributed by atoms with Crippen molar-refractivity contribution in [3.05, 3.63) is 53.1 Å². The molecule has 1 aliphatic heterocycles. The minimum atomic E-state index is -0.640. The molecule has 2 heterocycles. The molecule has 0 saturated carbocycles. The molecule has 0 bridgehead atoms. The van der Waals surface area contributed by atoms with Gasteiger partial charge in [0, 0.05) is 44.0 Å². The summed E-state index contributed by atoms with van der Waals surface area (Å²) >= 11 is 0. The van der Waals surface area contributed by atoms with Crippen molar-refractivity contribution in [2.24, 2.45) is 13.0 Å². The highest BCUT2D eigenvalue weighted by Gasteiger charge is 2.31. The van der Waals surface area contributed by atoms with Crippen molar-refractivity contribution in [3.8, 4) is 0 Å². The van der Waals surface area contributed by atoms with Gasteiger partial charge in [0.2, 0.25) is 0 Å². The number of imidazole rings is 1. The van der Waals surface area contributed by atoms with Gasteiger partial charge in [-0.15, -0.1) is 0 Å². The summed E-state index contributed by atoms with van der Waals surface area (Å²) < 4.78 is 1.84. The highest BCUT2D eigenvalue weighted by Crippen LogP contribution is 2.29. The Bertz CT molecular complexity index is 738. The van der Waals surface area contributed by atoms with Crippen LogP contribution in [-0.2, 0) is 7.05 Å². The number of amides is 1. The minimum Gasteiger partial charge on any atom is -0.385 e. The molecule has 1 aromatic carbocycles. The molecule has 3 rings (SSSR count). The molecule has 0 spiro atoms. The summed E-state index contributed by atoms with van der Waals surface area (Å²) in [6.07, 6.45) is 4.70. The van der Waals surface area contributed by atoms with Gasteiger partial charge in [0.15, 0.2) is 0 Å². The Hall–Kier alpha value is -2.14. The van der Waals surface area contributed by atoms with Gasteiger partial charge in [-0.05, 0) is 38.3 Å². The molecule has 1 saturated heterocycles. The topological polar surface area (TPSA) is 58.4 Å². The molecule has 2 aromatic rings. The molecule has 5 nitrogen and oxygen atoms in total. The van der Waals surface area contributed by atoms with Gasteiger partial charge in [-0.2, -0.15) is 0 Å². The number of rotatable bonds is 3. The Balaban J connectivity index is 1.77. The van der Waals surface area contributed by atoms with Crippen LogP contribution in [0.25, 0.3) is 0 Å². The molecule has 1 amide bonds. The summed E-state index contributed by atoms with van der Waals surface area (Å²) in [6, 6.07) is 5.97. The molecule has 2 atom stereocenters. The Morgan fingerprint density at radius 2 is 2.17 bits per heavy atom. The molecule has 2 unspecified atom stereocenters. The van der Waals surface area contributed by atoms with Crippen LogP contribution in [0.4, 0.5) is 0 Å². The maximum atomic E-state index is 12.9. The Morgan fingerprint density at radius 1 is 1.38 bits per heavy atom. The second-order valence-electron chi connectivity index (χ2n) is 6.81. The second-order valence-corrected chi connectivity index (χ2v) is 6.81. The van der Waals surface area contributed by atoms with E-state index >= 15 is 0 Å². The monoisotopic (exact) mass is 327 g/mol. The molecule has 0 aliphatic carbocycles. The minimum absolute atomic E-state index is 0.0221. The molecule has 128 valence electrons.